The fourth-order valence-electron chi connectivity index (χ4n) is 1.91. The maximum atomic E-state index is 14.0. The molecule has 0 aliphatic heterocycles. The Morgan fingerprint density at radius 2 is 2.18 bits per heavy atom. The van der Waals surface area contributed by atoms with E-state index in [1.807, 2.05) is 27.0 Å². The predicted octanol–water partition coefficient (Wildman–Crippen LogP) is 2.60. The molecule has 90 valence electrons. The fourth-order valence-corrected chi connectivity index (χ4v) is 1.91. The zero-order valence-corrected chi connectivity index (χ0v) is 10.2. The molecule has 0 fully saturated rings. The average molecular weight is 233 g/mol. The van der Waals surface area contributed by atoms with Crippen LogP contribution in [-0.4, -0.2) is 16.6 Å². The van der Waals surface area contributed by atoms with Crippen LogP contribution in [0.25, 0.3) is 5.69 Å². The largest absolute Gasteiger partial charge is 0.313 e. The standard InChI is InChI=1S/C13H16FN3/c1-9(15-3)11-5-4-6-12(14)13(11)17-8-7-16-10(17)2/h4-9,15H,1-3H3. The lowest BCUT2D eigenvalue weighted by Gasteiger charge is -2.17. The Morgan fingerprint density at radius 1 is 1.41 bits per heavy atom. The molecule has 0 aliphatic rings. The van der Waals surface area contributed by atoms with E-state index >= 15 is 0 Å². The maximum absolute atomic E-state index is 14.0. The Labute approximate surface area is 100 Å². The van der Waals surface area contributed by atoms with Crippen LogP contribution in [0.5, 0.6) is 0 Å². The lowest BCUT2D eigenvalue weighted by Crippen LogP contribution is -2.16. The molecule has 0 saturated heterocycles. The molecular weight excluding hydrogens is 217 g/mol. The summed E-state index contributed by atoms with van der Waals surface area (Å²) in [6.07, 6.45) is 3.45. The molecule has 0 bridgehead atoms. The lowest BCUT2D eigenvalue weighted by molar-refractivity contribution is 0.595. The number of nitrogens with one attached hydrogen (secondary N) is 1. The van der Waals surface area contributed by atoms with Gasteiger partial charge in [-0.3, -0.25) is 0 Å². The lowest BCUT2D eigenvalue weighted by atomic mass is 10.1. The summed E-state index contributed by atoms with van der Waals surface area (Å²) in [6.45, 7) is 3.87. The SMILES string of the molecule is CNC(C)c1cccc(F)c1-n1ccnc1C. The second-order valence-corrected chi connectivity index (χ2v) is 4.03. The molecule has 1 aromatic heterocycles. The summed E-state index contributed by atoms with van der Waals surface area (Å²) in [5, 5.41) is 3.13. The molecule has 0 radical (unpaired) electrons. The van der Waals surface area contributed by atoms with E-state index in [-0.39, 0.29) is 11.9 Å². The van der Waals surface area contributed by atoms with E-state index in [1.54, 1.807) is 23.0 Å². The van der Waals surface area contributed by atoms with Gasteiger partial charge in [0.25, 0.3) is 0 Å². The van der Waals surface area contributed by atoms with E-state index in [4.69, 9.17) is 0 Å². The predicted molar refractivity (Wildman–Crippen MR) is 65.7 cm³/mol. The van der Waals surface area contributed by atoms with Crippen molar-refractivity contribution in [1.82, 2.24) is 14.9 Å². The van der Waals surface area contributed by atoms with Gasteiger partial charge in [0, 0.05) is 18.4 Å². The van der Waals surface area contributed by atoms with E-state index in [1.165, 1.54) is 6.07 Å². The number of aryl methyl sites for hydroxylation is 1. The second kappa shape index (κ2) is 4.67. The van der Waals surface area contributed by atoms with Gasteiger partial charge in [-0.25, -0.2) is 9.37 Å². The number of halogens is 1. The van der Waals surface area contributed by atoms with Crippen molar-refractivity contribution in [2.24, 2.45) is 0 Å². The van der Waals surface area contributed by atoms with Crippen molar-refractivity contribution >= 4 is 0 Å². The molecule has 1 unspecified atom stereocenters. The summed E-state index contributed by atoms with van der Waals surface area (Å²) in [5.74, 6) is 0.547. The van der Waals surface area contributed by atoms with E-state index in [0.717, 1.165) is 11.4 Å². The minimum atomic E-state index is -0.231. The third-order valence-corrected chi connectivity index (χ3v) is 2.98. The monoisotopic (exact) mass is 233 g/mol. The van der Waals surface area contributed by atoms with Crippen LogP contribution in [0.1, 0.15) is 24.4 Å². The van der Waals surface area contributed by atoms with E-state index in [2.05, 4.69) is 10.3 Å². The topological polar surface area (TPSA) is 29.9 Å². The molecule has 0 spiro atoms. The molecule has 0 saturated carbocycles. The summed E-state index contributed by atoms with van der Waals surface area (Å²) in [4.78, 5) is 4.14. The number of benzene rings is 1. The number of hydrogen-bond acceptors (Lipinski definition) is 2. The Balaban J connectivity index is 2.63. The molecule has 1 heterocycles. The zero-order chi connectivity index (χ0) is 12.4. The molecule has 1 atom stereocenters. The Kier molecular flexibility index (Phi) is 3.24. The van der Waals surface area contributed by atoms with Crippen LogP contribution in [0.3, 0.4) is 0 Å². The van der Waals surface area contributed by atoms with Gasteiger partial charge in [-0.1, -0.05) is 12.1 Å². The first-order valence-corrected chi connectivity index (χ1v) is 5.61. The van der Waals surface area contributed by atoms with Gasteiger partial charge in [0.05, 0.1) is 5.69 Å². The molecule has 2 rings (SSSR count). The number of rotatable bonds is 3. The average Bonchev–Trinajstić information content (AvgIpc) is 2.74. The first-order chi connectivity index (χ1) is 8.15. The molecule has 4 heteroatoms. The molecule has 0 amide bonds. The van der Waals surface area contributed by atoms with Gasteiger partial charge in [-0.2, -0.15) is 0 Å². The van der Waals surface area contributed by atoms with Crippen LogP contribution in [-0.2, 0) is 0 Å². The van der Waals surface area contributed by atoms with Crippen LogP contribution < -0.4 is 5.32 Å². The van der Waals surface area contributed by atoms with Crippen LogP contribution in [0, 0.1) is 12.7 Å². The van der Waals surface area contributed by atoms with Crippen molar-refractivity contribution in [2.45, 2.75) is 19.9 Å². The second-order valence-electron chi connectivity index (χ2n) is 4.03. The van der Waals surface area contributed by atoms with Crippen molar-refractivity contribution in [2.75, 3.05) is 7.05 Å². The van der Waals surface area contributed by atoms with E-state index < -0.39 is 0 Å². The van der Waals surface area contributed by atoms with E-state index in [0.29, 0.717) is 5.69 Å². The highest BCUT2D eigenvalue weighted by molar-refractivity contribution is 5.45. The summed E-state index contributed by atoms with van der Waals surface area (Å²) in [7, 11) is 1.86. The van der Waals surface area contributed by atoms with Gasteiger partial charge in [-0.05, 0) is 32.5 Å². The van der Waals surface area contributed by atoms with Crippen molar-refractivity contribution in [3.8, 4) is 5.69 Å². The summed E-state index contributed by atoms with van der Waals surface area (Å²) >= 11 is 0. The number of para-hydroxylation sites is 1. The molecule has 3 nitrogen and oxygen atoms in total. The van der Waals surface area contributed by atoms with Crippen LogP contribution in [0.2, 0.25) is 0 Å². The van der Waals surface area contributed by atoms with Crippen molar-refractivity contribution in [3.63, 3.8) is 0 Å². The number of imidazole rings is 1. The summed E-state index contributed by atoms with van der Waals surface area (Å²) < 4.78 is 15.8. The number of aromatic nitrogens is 2. The molecular formula is C13H16FN3. The highest BCUT2D eigenvalue weighted by atomic mass is 19.1. The van der Waals surface area contributed by atoms with Crippen molar-refractivity contribution in [1.29, 1.82) is 0 Å². The summed E-state index contributed by atoms with van der Waals surface area (Å²) in [5.41, 5.74) is 1.50. The van der Waals surface area contributed by atoms with Gasteiger partial charge in [0.2, 0.25) is 0 Å². The molecule has 1 N–H and O–H groups in total. The quantitative estimate of drug-likeness (QED) is 0.883. The van der Waals surface area contributed by atoms with E-state index in [9.17, 15) is 4.39 Å². The molecule has 1 aromatic carbocycles. The van der Waals surface area contributed by atoms with Gasteiger partial charge in [-0.15, -0.1) is 0 Å². The van der Waals surface area contributed by atoms with Gasteiger partial charge >= 0.3 is 0 Å². The number of hydrogen-bond donors (Lipinski definition) is 1. The minimum Gasteiger partial charge on any atom is -0.313 e. The Bertz CT molecular complexity index is 519. The van der Waals surface area contributed by atoms with Gasteiger partial charge < -0.3 is 9.88 Å². The van der Waals surface area contributed by atoms with Gasteiger partial charge in [0.15, 0.2) is 0 Å². The minimum absolute atomic E-state index is 0.0856. The van der Waals surface area contributed by atoms with Crippen LogP contribution in [0.15, 0.2) is 30.6 Å². The normalized spacial score (nSPS) is 12.7. The molecule has 17 heavy (non-hydrogen) atoms. The molecule has 0 aliphatic carbocycles. The first-order valence-electron chi connectivity index (χ1n) is 5.61. The summed E-state index contributed by atoms with van der Waals surface area (Å²) in [6, 6.07) is 5.22. The third kappa shape index (κ3) is 2.08. The van der Waals surface area contributed by atoms with Crippen LogP contribution >= 0.6 is 0 Å². The van der Waals surface area contributed by atoms with Crippen LogP contribution in [0.4, 0.5) is 4.39 Å². The highest BCUT2D eigenvalue weighted by Crippen LogP contribution is 2.25. The number of nitrogens with zero attached hydrogens (tertiary/aromatic N) is 2. The molecule has 2 aromatic rings. The van der Waals surface area contributed by atoms with Crippen molar-refractivity contribution in [3.05, 3.63) is 47.8 Å². The first kappa shape index (κ1) is 11.8. The smallest absolute Gasteiger partial charge is 0.147 e. The third-order valence-electron chi connectivity index (χ3n) is 2.98. The van der Waals surface area contributed by atoms with Crippen molar-refractivity contribution < 1.29 is 4.39 Å². The Hall–Kier alpha value is -1.68. The Morgan fingerprint density at radius 3 is 2.76 bits per heavy atom. The maximum Gasteiger partial charge on any atom is 0.147 e. The fraction of sp³-hybridized carbons (Fsp3) is 0.308. The highest BCUT2D eigenvalue weighted by Gasteiger charge is 2.15. The van der Waals surface area contributed by atoms with Gasteiger partial charge in [0.1, 0.15) is 11.6 Å². The zero-order valence-electron chi connectivity index (χ0n) is 10.2.